The third kappa shape index (κ3) is 19.1. The molecule has 0 unspecified atom stereocenters. The van der Waals surface area contributed by atoms with Crippen molar-refractivity contribution >= 4 is 113 Å². The van der Waals surface area contributed by atoms with E-state index in [1.54, 1.807) is 128 Å². The number of anilines is 3. The molecule has 2 saturated heterocycles. The molecular weight excluding hydrogens is 1420 g/mol. The Balaban J connectivity index is 0.000000162. The van der Waals surface area contributed by atoms with E-state index in [4.69, 9.17) is 27.2 Å². The lowest BCUT2D eigenvalue weighted by Crippen LogP contribution is -2.35. The lowest BCUT2D eigenvalue weighted by atomic mass is 9.95. The highest BCUT2D eigenvalue weighted by atomic mass is 79.9. The number of aryl methyl sites for hydroxylation is 1. The summed E-state index contributed by atoms with van der Waals surface area (Å²) >= 11 is 12.5. The Morgan fingerprint density at radius 3 is 1.42 bits per heavy atom. The highest BCUT2D eigenvalue weighted by molar-refractivity contribution is 9.10. The van der Waals surface area contributed by atoms with Crippen LogP contribution in [-0.4, -0.2) is 136 Å². The molecule has 3 aromatic heterocycles. The Bertz CT molecular complexity index is 4530. The largest absolute Gasteiger partial charge is 0.496 e. The van der Waals surface area contributed by atoms with Gasteiger partial charge in [-0.1, -0.05) is 103 Å². The Morgan fingerprint density at radius 1 is 0.520 bits per heavy atom. The molecule has 510 valence electrons. The van der Waals surface area contributed by atoms with Crippen LogP contribution in [0.2, 0.25) is 5.02 Å². The SMILES string of the molecule is COc1cc(C)cc(C(=O)Nc2ccc(Cl)cn2)c1CC(=O)c1ccc(C2=NCCN2C)cc1F.N=C(c1ccc(C(=O)Cc2ccccc2C(=O)Nc2ccc(Br)cn2)cc1)N1CCCC1.N=C(c1ccc(C(=O)Cc2ccccc2C(=O)Nc2ccc(Br)cn2)cc1)N1CCCCC1. The van der Waals surface area contributed by atoms with E-state index >= 15 is 0 Å². The van der Waals surface area contributed by atoms with E-state index in [9.17, 15) is 33.2 Å². The van der Waals surface area contributed by atoms with Crippen LogP contribution in [0.3, 0.4) is 0 Å². The van der Waals surface area contributed by atoms with Gasteiger partial charge in [-0.3, -0.25) is 44.6 Å². The van der Waals surface area contributed by atoms with Crippen LogP contribution in [-0.2, 0) is 19.3 Å². The molecule has 23 heteroatoms. The number of carbonyl (C=O) groups is 6. The summed E-state index contributed by atoms with van der Waals surface area (Å²) < 4.78 is 22.1. The average Bonchev–Trinajstić information content (AvgIpc) is 0.868. The molecule has 9 aromatic rings. The standard InChI is InChI=1S/C26H25BrN4O2.C26H24ClFN4O3.C25H23BrN4O2/c27-21-12-13-24(29-17-21)30-26(33)22-7-3-2-6-20(22)16-23(32)18-8-10-19(11-9-18)25(28)31-14-4-1-5-15-31;1-15-10-20(26(34)31-24-7-5-17(27)14-30-24)19(23(11-15)35-3)13-22(33)18-6-4-16(12-21(18)28)25-29-8-9-32(25)2;26-20-11-12-23(28-16-20)29-25(32)21-6-2-1-5-19(21)15-22(31)17-7-9-18(10-8-17)24(27)30-13-3-4-14-30/h2-3,6-13,17,28H,1,4-5,14-16H2,(H,29,30,33);4-7,10-12,14H,8-9,13H2,1-3H3,(H,30,31,34);1-2,5-12,16,27H,3-4,13-15H2,(H,28,29,32). The van der Waals surface area contributed by atoms with Crippen LogP contribution >= 0.6 is 43.5 Å². The van der Waals surface area contributed by atoms with Gasteiger partial charge in [-0.15, -0.1) is 0 Å². The summed E-state index contributed by atoms with van der Waals surface area (Å²) in [6.45, 7) is 6.87. The summed E-state index contributed by atoms with van der Waals surface area (Å²) in [4.78, 5) is 101. The van der Waals surface area contributed by atoms with E-state index < -0.39 is 17.5 Å². The fraction of sp³-hybridized carbons (Fsp3) is 0.221. The smallest absolute Gasteiger partial charge is 0.257 e. The normalized spacial score (nSPS) is 13.2. The maximum atomic E-state index is 15.0. The van der Waals surface area contributed by atoms with Crippen molar-refractivity contribution in [2.75, 3.05) is 69.4 Å². The molecule has 3 amide bonds. The first-order chi connectivity index (χ1) is 48.3. The van der Waals surface area contributed by atoms with Crippen LogP contribution < -0.4 is 20.7 Å². The minimum absolute atomic E-state index is 0.0663. The van der Waals surface area contributed by atoms with Gasteiger partial charge in [0.1, 0.15) is 46.5 Å². The van der Waals surface area contributed by atoms with Gasteiger partial charge in [0.15, 0.2) is 17.3 Å². The predicted octanol–water partition coefficient (Wildman–Crippen LogP) is 14.8. The van der Waals surface area contributed by atoms with E-state index in [-0.39, 0.29) is 53.8 Å². The van der Waals surface area contributed by atoms with Crippen molar-refractivity contribution in [1.29, 1.82) is 10.8 Å². The summed E-state index contributed by atoms with van der Waals surface area (Å²) in [5.74, 6) is 0.907. The summed E-state index contributed by atoms with van der Waals surface area (Å²) in [5, 5.41) is 25.5. The molecule has 0 aliphatic carbocycles. The number of amides is 3. The van der Waals surface area contributed by atoms with Crippen molar-refractivity contribution < 1.29 is 37.9 Å². The second kappa shape index (κ2) is 34.4. The molecular formula is C77H72Br2ClFN12O7. The van der Waals surface area contributed by atoms with E-state index in [1.807, 2.05) is 55.3 Å². The summed E-state index contributed by atoms with van der Waals surface area (Å²) in [6, 6.07) is 46.6. The minimum atomic E-state index is -0.641. The number of rotatable bonds is 19. The molecule has 3 aliphatic heterocycles. The number of carbonyl (C=O) groups excluding carboxylic acids is 6. The quantitative estimate of drug-likeness (QED) is 0.0287. The topological polar surface area (TPSA) is 256 Å². The molecule has 5 N–H and O–H groups in total. The molecule has 0 saturated carbocycles. The zero-order valence-electron chi connectivity index (χ0n) is 55.2. The Kier molecular flexibility index (Phi) is 24.9. The van der Waals surface area contributed by atoms with Crippen molar-refractivity contribution in [1.82, 2.24) is 29.7 Å². The average molecular weight is 1490 g/mol. The number of piperidine rings is 1. The maximum absolute atomic E-state index is 15.0. The number of Topliss-reactive ketones (excluding diaryl/α,β-unsaturated/α-hetero) is 3. The number of halogens is 4. The molecule has 0 radical (unpaired) electrons. The summed E-state index contributed by atoms with van der Waals surface area (Å²) in [7, 11) is 3.35. The number of benzene rings is 6. The number of aliphatic imine (C=N–C) groups is 1. The number of hydrogen-bond acceptors (Lipinski definition) is 14. The molecule has 2 fully saturated rings. The number of ketones is 3. The molecule has 12 rings (SSSR count). The number of aromatic nitrogens is 3. The van der Waals surface area contributed by atoms with E-state index in [0.29, 0.717) is 96.8 Å². The molecule has 0 bridgehead atoms. The van der Waals surface area contributed by atoms with Gasteiger partial charge in [-0.25, -0.2) is 19.3 Å². The molecule has 6 aromatic carbocycles. The van der Waals surface area contributed by atoms with Crippen molar-refractivity contribution in [3.05, 3.63) is 274 Å². The van der Waals surface area contributed by atoms with Crippen molar-refractivity contribution in [3.63, 3.8) is 0 Å². The summed E-state index contributed by atoms with van der Waals surface area (Å²) in [6.07, 6.45) is 10.3. The van der Waals surface area contributed by atoms with Gasteiger partial charge < -0.3 is 35.4 Å². The lowest BCUT2D eigenvalue weighted by molar-refractivity contribution is 0.0977. The number of hydrogen-bond donors (Lipinski definition) is 5. The number of nitrogens with one attached hydrogen (secondary N) is 5. The predicted molar refractivity (Wildman–Crippen MR) is 395 cm³/mol. The molecule has 6 heterocycles. The van der Waals surface area contributed by atoms with Crippen LogP contribution in [0.1, 0.15) is 133 Å². The molecule has 0 atom stereocenters. The highest BCUT2D eigenvalue weighted by Gasteiger charge is 2.26. The Labute approximate surface area is 601 Å². The summed E-state index contributed by atoms with van der Waals surface area (Å²) in [5.41, 5.74) is 6.86. The third-order valence-corrected chi connectivity index (χ3v) is 18.1. The van der Waals surface area contributed by atoms with Crippen LogP contribution in [0.15, 0.2) is 196 Å². The highest BCUT2D eigenvalue weighted by Crippen LogP contribution is 2.29. The zero-order valence-corrected chi connectivity index (χ0v) is 59.1. The van der Waals surface area contributed by atoms with Gasteiger partial charge in [-0.05, 0) is 160 Å². The Hall–Kier alpha value is -10.4. The lowest BCUT2D eigenvalue weighted by Gasteiger charge is -2.29. The van der Waals surface area contributed by atoms with Crippen LogP contribution in [0.5, 0.6) is 5.75 Å². The number of pyridine rings is 3. The monoisotopic (exact) mass is 1490 g/mol. The first-order valence-corrected chi connectivity index (χ1v) is 34.4. The first-order valence-electron chi connectivity index (χ1n) is 32.4. The van der Waals surface area contributed by atoms with Gasteiger partial charge >= 0.3 is 0 Å². The van der Waals surface area contributed by atoms with E-state index in [1.165, 1.54) is 31.9 Å². The zero-order chi connectivity index (χ0) is 70.8. The van der Waals surface area contributed by atoms with E-state index in [2.05, 4.69) is 77.6 Å². The second-order valence-corrected chi connectivity index (χ2v) is 26.2. The molecule has 100 heavy (non-hydrogen) atoms. The number of nitrogens with zero attached hydrogens (tertiary/aromatic N) is 7. The van der Waals surface area contributed by atoms with Gasteiger partial charge in [-0.2, -0.15) is 0 Å². The van der Waals surface area contributed by atoms with E-state index in [0.717, 1.165) is 84.0 Å². The van der Waals surface area contributed by atoms with Crippen molar-refractivity contribution in [3.8, 4) is 5.75 Å². The van der Waals surface area contributed by atoms with Crippen LogP contribution in [0.4, 0.5) is 21.8 Å². The van der Waals surface area contributed by atoms with Crippen LogP contribution in [0, 0.1) is 23.6 Å². The second-order valence-electron chi connectivity index (χ2n) is 24.0. The number of likely N-dealkylation sites (tertiary alicyclic amines) is 2. The molecule has 0 spiro atoms. The Morgan fingerprint density at radius 2 is 0.980 bits per heavy atom. The van der Waals surface area contributed by atoms with Gasteiger partial charge in [0.05, 0.1) is 24.2 Å². The van der Waals surface area contributed by atoms with Gasteiger partial charge in [0.2, 0.25) is 0 Å². The van der Waals surface area contributed by atoms with Crippen LogP contribution in [0.25, 0.3) is 0 Å². The number of methoxy groups -OCH3 is 1. The van der Waals surface area contributed by atoms with Gasteiger partial charge in [0, 0.05) is 137 Å². The third-order valence-electron chi connectivity index (χ3n) is 16.9. The number of likely N-dealkylation sites (N-methyl/N-ethyl adjacent to an activating group) is 1. The number of ether oxygens (including phenoxy) is 1. The molecule has 3 aliphatic rings. The van der Waals surface area contributed by atoms with Crippen molar-refractivity contribution in [2.24, 2.45) is 4.99 Å². The fourth-order valence-electron chi connectivity index (χ4n) is 11.6. The van der Waals surface area contributed by atoms with Crippen molar-refractivity contribution in [2.45, 2.75) is 58.3 Å². The number of amidine groups is 3. The fourth-order valence-corrected chi connectivity index (χ4v) is 12.2. The maximum Gasteiger partial charge on any atom is 0.257 e. The minimum Gasteiger partial charge on any atom is -0.496 e. The molecule has 19 nitrogen and oxygen atoms in total. The van der Waals surface area contributed by atoms with Gasteiger partial charge in [0.25, 0.3) is 17.7 Å². The first kappa shape index (κ1) is 72.3.